The van der Waals surface area contributed by atoms with Gasteiger partial charge in [-0.15, -0.1) is 0 Å². The Morgan fingerprint density at radius 3 is 2.43 bits per heavy atom. The number of nitrogens with zero attached hydrogens (tertiary/aromatic N) is 2. The van der Waals surface area contributed by atoms with E-state index >= 15 is 0 Å². The molecule has 166 valence electrons. The first-order valence-electron chi connectivity index (χ1n) is 10.3. The summed E-state index contributed by atoms with van der Waals surface area (Å²) in [5.74, 6) is -0.410. The van der Waals surface area contributed by atoms with Crippen LogP contribution in [0.25, 0.3) is 0 Å². The Bertz CT molecular complexity index is 761. The molecule has 8 heteroatoms. The summed E-state index contributed by atoms with van der Waals surface area (Å²) in [6, 6.07) is 9.31. The van der Waals surface area contributed by atoms with Crippen molar-refractivity contribution in [3.63, 3.8) is 0 Å². The first-order valence-corrected chi connectivity index (χ1v) is 10.3. The Morgan fingerprint density at radius 2 is 1.83 bits per heavy atom. The fourth-order valence-corrected chi connectivity index (χ4v) is 3.89. The molecule has 30 heavy (non-hydrogen) atoms. The summed E-state index contributed by atoms with van der Waals surface area (Å²) in [7, 11) is 0. The van der Waals surface area contributed by atoms with Crippen LogP contribution < -0.4 is 0 Å². The number of hydrogen-bond acceptors (Lipinski definition) is 7. The van der Waals surface area contributed by atoms with E-state index in [4.69, 9.17) is 19.0 Å². The van der Waals surface area contributed by atoms with Gasteiger partial charge in [0, 0.05) is 19.9 Å². The van der Waals surface area contributed by atoms with Crippen LogP contribution in [0.3, 0.4) is 0 Å². The number of hydrogen-bond donors (Lipinski definition) is 0. The lowest BCUT2D eigenvalue weighted by molar-refractivity contribution is -0.241. The lowest BCUT2D eigenvalue weighted by Crippen LogP contribution is -2.55. The minimum atomic E-state index is -0.828. The molecule has 0 aliphatic carbocycles. The molecule has 8 nitrogen and oxygen atoms in total. The van der Waals surface area contributed by atoms with Crippen molar-refractivity contribution < 1.29 is 28.6 Å². The molecule has 1 aromatic carbocycles. The maximum absolute atomic E-state index is 13.0. The van der Waals surface area contributed by atoms with E-state index < -0.39 is 29.7 Å². The third-order valence-corrected chi connectivity index (χ3v) is 5.09. The Hall–Kier alpha value is -2.16. The van der Waals surface area contributed by atoms with Gasteiger partial charge in [0.1, 0.15) is 11.3 Å². The molecule has 0 bridgehead atoms. The fraction of sp³-hybridized carbons (Fsp3) is 0.636. The predicted octanol–water partition coefficient (Wildman–Crippen LogP) is 3.45. The average molecular weight is 421 g/mol. The minimum Gasteiger partial charge on any atom is -0.444 e. The van der Waals surface area contributed by atoms with Crippen molar-refractivity contribution in [2.24, 2.45) is 0 Å². The molecule has 0 N–H and O–H groups in total. The Labute approximate surface area is 178 Å². The number of benzene rings is 1. The highest BCUT2D eigenvalue weighted by Gasteiger charge is 2.53. The summed E-state index contributed by atoms with van der Waals surface area (Å²) in [4.78, 5) is 32.1. The summed E-state index contributed by atoms with van der Waals surface area (Å²) >= 11 is 0. The lowest BCUT2D eigenvalue weighted by atomic mass is 10.0. The Kier molecular flexibility index (Phi) is 6.40. The van der Waals surface area contributed by atoms with E-state index in [9.17, 15) is 9.59 Å². The van der Waals surface area contributed by atoms with Crippen molar-refractivity contribution >= 4 is 12.1 Å². The fourth-order valence-electron chi connectivity index (χ4n) is 3.89. The normalized spacial score (nSPS) is 26.6. The van der Waals surface area contributed by atoms with E-state index in [-0.39, 0.29) is 12.1 Å². The topological polar surface area (TPSA) is 77.5 Å². The van der Waals surface area contributed by atoms with E-state index in [0.717, 1.165) is 5.56 Å². The second kappa shape index (κ2) is 8.53. The maximum Gasteiger partial charge on any atom is 0.412 e. The summed E-state index contributed by atoms with van der Waals surface area (Å²) < 4.78 is 16.9. The zero-order valence-corrected chi connectivity index (χ0v) is 18.6. The molecule has 2 fully saturated rings. The zero-order chi connectivity index (χ0) is 22.1. The number of hydroxylamine groups is 2. The van der Waals surface area contributed by atoms with Crippen LogP contribution in [0.4, 0.5) is 4.79 Å². The van der Waals surface area contributed by atoms with E-state index in [1.54, 1.807) is 9.96 Å². The molecule has 2 heterocycles. The summed E-state index contributed by atoms with van der Waals surface area (Å²) in [5, 5.41) is 1.79. The van der Waals surface area contributed by atoms with Crippen LogP contribution in [0, 0.1) is 0 Å². The summed E-state index contributed by atoms with van der Waals surface area (Å²) in [5.41, 5.74) is -0.408. The molecular weight excluding hydrogens is 388 g/mol. The van der Waals surface area contributed by atoms with Crippen LogP contribution >= 0.6 is 0 Å². The van der Waals surface area contributed by atoms with E-state index in [1.807, 2.05) is 65.0 Å². The number of carbonyl (C=O) groups excluding carboxylic acids is 2. The van der Waals surface area contributed by atoms with Gasteiger partial charge < -0.3 is 14.2 Å². The lowest BCUT2D eigenvalue weighted by Gasteiger charge is -2.38. The van der Waals surface area contributed by atoms with Crippen molar-refractivity contribution in [3.05, 3.63) is 35.9 Å². The Balaban J connectivity index is 1.85. The molecule has 3 atom stereocenters. The molecule has 0 radical (unpaired) electrons. The van der Waals surface area contributed by atoms with E-state index in [0.29, 0.717) is 19.6 Å². The molecular formula is C22H32N2O6. The van der Waals surface area contributed by atoms with Crippen molar-refractivity contribution in [1.82, 2.24) is 9.96 Å². The van der Waals surface area contributed by atoms with Gasteiger partial charge in [-0.3, -0.25) is 14.5 Å². The van der Waals surface area contributed by atoms with Gasteiger partial charge in [0.15, 0.2) is 0 Å². The second-order valence-electron chi connectivity index (χ2n) is 9.18. The molecule has 2 aliphatic rings. The molecule has 3 rings (SSSR count). The molecule has 2 saturated heterocycles. The van der Waals surface area contributed by atoms with Gasteiger partial charge in [-0.25, -0.2) is 4.79 Å². The van der Waals surface area contributed by atoms with Crippen LogP contribution in [-0.4, -0.2) is 58.3 Å². The van der Waals surface area contributed by atoms with Gasteiger partial charge >= 0.3 is 12.1 Å². The van der Waals surface area contributed by atoms with Gasteiger partial charge in [-0.05, 0) is 40.2 Å². The maximum atomic E-state index is 13.0. The second-order valence-corrected chi connectivity index (χ2v) is 9.18. The van der Waals surface area contributed by atoms with Crippen molar-refractivity contribution in [2.45, 2.75) is 84.2 Å². The van der Waals surface area contributed by atoms with E-state index in [1.165, 1.54) is 6.92 Å². The zero-order valence-electron chi connectivity index (χ0n) is 18.6. The van der Waals surface area contributed by atoms with E-state index in [2.05, 4.69) is 0 Å². The van der Waals surface area contributed by atoms with Crippen molar-refractivity contribution in [3.8, 4) is 0 Å². The van der Waals surface area contributed by atoms with Crippen molar-refractivity contribution in [1.29, 1.82) is 0 Å². The first kappa shape index (κ1) is 22.5. The third-order valence-electron chi connectivity index (χ3n) is 5.09. The largest absolute Gasteiger partial charge is 0.444 e. The highest BCUT2D eigenvalue weighted by atomic mass is 16.8. The number of ether oxygens (including phenoxy) is 3. The summed E-state index contributed by atoms with van der Waals surface area (Å²) in [6.07, 6.45) is -0.721. The van der Waals surface area contributed by atoms with Gasteiger partial charge in [0.25, 0.3) is 0 Å². The third kappa shape index (κ3) is 5.30. The minimum absolute atomic E-state index is 0.233. The summed E-state index contributed by atoms with van der Waals surface area (Å²) in [6.45, 7) is 11.4. The van der Waals surface area contributed by atoms with Crippen LogP contribution in [0.5, 0.6) is 0 Å². The molecule has 0 spiro atoms. The van der Waals surface area contributed by atoms with Gasteiger partial charge in [0.2, 0.25) is 6.29 Å². The molecule has 2 aliphatic heterocycles. The van der Waals surface area contributed by atoms with Crippen LogP contribution in [0.2, 0.25) is 0 Å². The highest BCUT2D eigenvalue weighted by Crippen LogP contribution is 2.37. The average Bonchev–Trinajstić information content (AvgIpc) is 3.13. The quantitative estimate of drug-likeness (QED) is 0.691. The molecule has 1 aromatic rings. The number of rotatable bonds is 4. The number of carbonyl (C=O) groups is 2. The smallest absolute Gasteiger partial charge is 0.412 e. The first-order chi connectivity index (χ1) is 14.0. The standard InChI is InChI=1S/C22H32N2O6/c1-15(25)28-19-12-17(23(30-19)13-16-10-8-7-9-11-16)18-14-27-22(5,6)24(18)20(26)29-21(2,3)4/h7-11,17-19H,12-14H2,1-6H3/t17-,18+,19+/m1/s1. The molecule has 1 amide bonds. The monoisotopic (exact) mass is 420 g/mol. The van der Waals surface area contributed by atoms with Gasteiger partial charge in [0.05, 0.1) is 18.7 Å². The predicted molar refractivity (Wildman–Crippen MR) is 109 cm³/mol. The SMILES string of the molecule is CC(=O)O[C@@H]1C[C@H]([C@@H]2COC(C)(C)N2C(=O)OC(C)(C)C)N(Cc2ccccc2)O1. The van der Waals surface area contributed by atoms with Crippen LogP contribution in [0.1, 0.15) is 53.5 Å². The van der Waals surface area contributed by atoms with Gasteiger partial charge in [-0.1, -0.05) is 30.3 Å². The number of amides is 1. The highest BCUT2D eigenvalue weighted by molar-refractivity contribution is 5.70. The molecule has 0 aromatic heterocycles. The molecule has 0 unspecified atom stereocenters. The van der Waals surface area contributed by atoms with Crippen LogP contribution in [-0.2, 0) is 30.4 Å². The van der Waals surface area contributed by atoms with Crippen molar-refractivity contribution in [2.75, 3.05) is 6.61 Å². The Morgan fingerprint density at radius 1 is 1.17 bits per heavy atom. The molecule has 0 saturated carbocycles. The van der Waals surface area contributed by atoms with Gasteiger partial charge in [-0.2, -0.15) is 5.06 Å². The number of esters is 1. The van der Waals surface area contributed by atoms with Crippen LogP contribution in [0.15, 0.2) is 30.3 Å².